The lowest BCUT2D eigenvalue weighted by molar-refractivity contribution is 0.436. The van der Waals surface area contributed by atoms with Gasteiger partial charge in [0.2, 0.25) is 0 Å². The first-order valence-electron chi connectivity index (χ1n) is 6.54. The first kappa shape index (κ1) is 12.5. The van der Waals surface area contributed by atoms with Gasteiger partial charge in [-0.1, -0.05) is 20.8 Å². The smallest absolute Gasteiger partial charge is 0.132 e. The zero-order chi connectivity index (χ0) is 12.8. The number of fused-ring (bicyclic) bond motifs is 1. The van der Waals surface area contributed by atoms with Crippen LogP contribution in [0, 0.1) is 0 Å². The third kappa shape index (κ3) is 2.20. The highest BCUT2D eigenvalue weighted by Gasteiger charge is 2.33. The standard InChI is InChI=1S/C14H25N3/c1-13(2,3)11-12-16(10-15-11)8-7-9-17(12)14(4,5)6/h10H,7-9H2,1-6H3. The van der Waals surface area contributed by atoms with Gasteiger partial charge < -0.3 is 9.47 Å². The van der Waals surface area contributed by atoms with Crippen LogP contribution in [0.3, 0.4) is 0 Å². The van der Waals surface area contributed by atoms with E-state index in [1.807, 2.05) is 6.33 Å². The first-order valence-corrected chi connectivity index (χ1v) is 6.54. The summed E-state index contributed by atoms with van der Waals surface area (Å²) in [4.78, 5) is 7.16. The minimum atomic E-state index is 0.113. The molecule has 0 saturated heterocycles. The summed E-state index contributed by atoms with van der Waals surface area (Å²) in [5.41, 5.74) is 1.51. The van der Waals surface area contributed by atoms with E-state index in [1.165, 1.54) is 17.9 Å². The Hall–Kier alpha value is -0.990. The molecule has 0 aromatic carbocycles. The van der Waals surface area contributed by atoms with Gasteiger partial charge in [0.05, 0.1) is 12.0 Å². The molecular weight excluding hydrogens is 210 g/mol. The van der Waals surface area contributed by atoms with Crippen molar-refractivity contribution in [2.24, 2.45) is 0 Å². The Morgan fingerprint density at radius 2 is 1.71 bits per heavy atom. The SMILES string of the molecule is CC(C)(C)c1ncn2c1N(C(C)(C)C)CCC2. The molecule has 0 saturated carbocycles. The predicted molar refractivity (Wildman–Crippen MR) is 72.6 cm³/mol. The number of nitrogens with zero attached hydrogens (tertiary/aromatic N) is 3. The van der Waals surface area contributed by atoms with Crippen LogP contribution in [0.5, 0.6) is 0 Å². The van der Waals surface area contributed by atoms with Crippen LogP contribution in [0.4, 0.5) is 5.82 Å². The van der Waals surface area contributed by atoms with Gasteiger partial charge in [0.25, 0.3) is 0 Å². The molecule has 3 nitrogen and oxygen atoms in total. The van der Waals surface area contributed by atoms with Crippen LogP contribution in [-0.2, 0) is 12.0 Å². The van der Waals surface area contributed by atoms with E-state index in [0.29, 0.717) is 0 Å². The molecule has 0 aliphatic carbocycles. The number of anilines is 1. The van der Waals surface area contributed by atoms with Crippen molar-refractivity contribution in [3.05, 3.63) is 12.0 Å². The predicted octanol–water partition coefficient (Wildman–Crippen LogP) is 3.19. The molecule has 1 aromatic heterocycles. The molecule has 2 heterocycles. The van der Waals surface area contributed by atoms with E-state index < -0.39 is 0 Å². The van der Waals surface area contributed by atoms with Crippen LogP contribution in [-0.4, -0.2) is 21.6 Å². The molecule has 0 radical (unpaired) electrons. The normalized spacial score (nSPS) is 17.2. The number of hydrogen-bond donors (Lipinski definition) is 0. The molecule has 1 aromatic rings. The third-order valence-corrected chi connectivity index (χ3v) is 3.37. The Kier molecular flexibility index (Phi) is 2.75. The van der Waals surface area contributed by atoms with E-state index in [-0.39, 0.29) is 11.0 Å². The van der Waals surface area contributed by atoms with E-state index in [2.05, 4.69) is 56.0 Å². The van der Waals surface area contributed by atoms with Crippen molar-refractivity contribution < 1.29 is 0 Å². The van der Waals surface area contributed by atoms with Gasteiger partial charge in [0, 0.05) is 24.0 Å². The van der Waals surface area contributed by atoms with Gasteiger partial charge in [0.1, 0.15) is 5.82 Å². The molecule has 0 fully saturated rings. The van der Waals surface area contributed by atoms with Crippen molar-refractivity contribution in [2.75, 3.05) is 11.4 Å². The average Bonchev–Trinajstić information content (AvgIpc) is 2.57. The van der Waals surface area contributed by atoms with E-state index in [1.54, 1.807) is 0 Å². The largest absolute Gasteiger partial charge is 0.352 e. The molecule has 0 atom stereocenters. The fourth-order valence-corrected chi connectivity index (χ4v) is 2.51. The topological polar surface area (TPSA) is 21.1 Å². The van der Waals surface area contributed by atoms with Gasteiger partial charge in [-0.3, -0.25) is 0 Å². The molecule has 96 valence electrons. The van der Waals surface area contributed by atoms with Gasteiger partial charge >= 0.3 is 0 Å². The van der Waals surface area contributed by atoms with Crippen LogP contribution in [0.15, 0.2) is 6.33 Å². The Balaban J connectivity index is 2.52. The molecule has 0 spiro atoms. The average molecular weight is 235 g/mol. The van der Waals surface area contributed by atoms with Crippen LogP contribution in [0.2, 0.25) is 0 Å². The zero-order valence-electron chi connectivity index (χ0n) is 12.0. The van der Waals surface area contributed by atoms with Crippen molar-refractivity contribution in [3.8, 4) is 0 Å². The Morgan fingerprint density at radius 1 is 1.06 bits per heavy atom. The number of rotatable bonds is 0. The molecule has 0 N–H and O–H groups in total. The van der Waals surface area contributed by atoms with E-state index in [0.717, 1.165) is 13.1 Å². The highest BCUT2D eigenvalue weighted by molar-refractivity contribution is 5.51. The summed E-state index contributed by atoms with van der Waals surface area (Å²) in [5, 5.41) is 0. The molecule has 3 heteroatoms. The maximum Gasteiger partial charge on any atom is 0.132 e. The summed E-state index contributed by atoms with van der Waals surface area (Å²) in [5.74, 6) is 1.33. The molecule has 17 heavy (non-hydrogen) atoms. The summed E-state index contributed by atoms with van der Waals surface area (Å²) in [6.07, 6.45) is 3.22. The minimum Gasteiger partial charge on any atom is -0.352 e. The maximum absolute atomic E-state index is 4.65. The summed E-state index contributed by atoms with van der Waals surface area (Å²) < 4.78 is 2.31. The van der Waals surface area contributed by atoms with Crippen molar-refractivity contribution in [2.45, 2.75) is 65.5 Å². The second-order valence-corrected chi connectivity index (χ2v) is 7.04. The quantitative estimate of drug-likeness (QED) is 0.688. The Morgan fingerprint density at radius 3 is 2.24 bits per heavy atom. The highest BCUT2D eigenvalue weighted by Crippen LogP contribution is 2.36. The lowest BCUT2D eigenvalue weighted by Gasteiger charge is -2.42. The van der Waals surface area contributed by atoms with Gasteiger partial charge in [0.15, 0.2) is 0 Å². The number of imidazole rings is 1. The lowest BCUT2D eigenvalue weighted by atomic mass is 9.90. The number of hydrogen-bond acceptors (Lipinski definition) is 2. The molecule has 0 unspecified atom stereocenters. The second-order valence-electron chi connectivity index (χ2n) is 7.04. The lowest BCUT2D eigenvalue weighted by Crippen LogP contribution is -2.46. The van der Waals surface area contributed by atoms with E-state index >= 15 is 0 Å². The minimum absolute atomic E-state index is 0.113. The molecule has 1 aliphatic heterocycles. The van der Waals surface area contributed by atoms with Crippen molar-refractivity contribution >= 4 is 5.82 Å². The monoisotopic (exact) mass is 235 g/mol. The maximum atomic E-state index is 4.65. The van der Waals surface area contributed by atoms with Crippen LogP contribution in [0.25, 0.3) is 0 Å². The molecule has 0 bridgehead atoms. The summed E-state index contributed by atoms with van der Waals surface area (Å²) >= 11 is 0. The number of aromatic nitrogens is 2. The molecular formula is C14H25N3. The zero-order valence-corrected chi connectivity index (χ0v) is 12.0. The van der Waals surface area contributed by atoms with Crippen molar-refractivity contribution in [1.29, 1.82) is 0 Å². The molecule has 1 aliphatic rings. The van der Waals surface area contributed by atoms with Crippen LogP contribution < -0.4 is 4.90 Å². The van der Waals surface area contributed by atoms with Gasteiger partial charge in [-0.2, -0.15) is 0 Å². The third-order valence-electron chi connectivity index (χ3n) is 3.37. The van der Waals surface area contributed by atoms with Crippen LogP contribution >= 0.6 is 0 Å². The summed E-state index contributed by atoms with van der Waals surface area (Å²) in [7, 11) is 0. The van der Waals surface area contributed by atoms with Gasteiger partial charge in [-0.25, -0.2) is 4.98 Å². The Bertz CT molecular complexity index is 404. The summed E-state index contributed by atoms with van der Waals surface area (Å²) in [6.45, 7) is 15.8. The van der Waals surface area contributed by atoms with E-state index in [9.17, 15) is 0 Å². The second kappa shape index (κ2) is 3.76. The van der Waals surface area contributed by atoms with E-state index in [4.69, 9.17) is 0 Å². The highest BCUT2D eigenvalue weighted by atomic mass is 15.3. The number of aryl methyl sites for hydroxylation is 1. The summed E-state index contributed by atoms with van der Waals surface area (Å²) in [6, 6.07) is 0. The van der Waals surface area contributed by atoms with Crippen molar-refractivity contribution in [1.82, 2.24) is 9.55 Å². The molecule has 0 amide bonds. The fourth-order valence-electron chi connectivity index (χ4n) is 2.51. The Labute approximate surface area is 105 Å². The van der Waals surface area contributed by atoms with Crippen LogP contribution in [0.1, 0.15) is 53.7 Å². The molecule has 2 rings (SSSR count). The first-order chi connectivity index (χ1) is 7.71. The fraction of sp³-hybridized carbons (Fsp3) is 0.786. The van der Waals surface area contributed by atoms with Gasteiger partial charge in [-0.15, -0.1) is 0 Å². The van der Waals surface area contributed by atoms with Gasteiger partial charge in [-0.05, 0) is 27.2 Å². The van der Waals surface area contributed by atoms with Crippen molar-refractivity contribution in [3.63, 3.8) is 0 Å².